The number of anilines is 1. The number of nitrogens with one attached hydrogen (secondary N) is 1. The number of halogens is 1. The van der Waals surface area contributed by atoms with Gasteiger partial charge in [-0.25, -0.2) is 9.59 Å². The molecule has 0 unspecified atom stereocenters. The number of aliphatic hydroxyl groups excluding tert-OH is 2. The summed E-state index contributed by atoms with van der Waals surface area (Å²) >= 11 is 5.93. The van der Waals surface area contributed by atoms with Crippen LogP contribution in [0.25, 0.3) is 0 Å². The molecule has 6 atom stereocenters. The second-order valence-electron chi connectivity index (χ2n) is 16.0. The molecule has 1 aliphatic heterocycles. The van der Waals surface area contributed by atoms with E-state index in [1.165, 1.54) is 12.0 Å². The molecule has 14 nitrogen and oxygen atoms in total. The van der Waals surface area contributed by atoms with Crippen LogP contribution in [0, 0.1) is 17.8 Å². The molecular formula is C44H60ClN3O11. The van der Waals surface area contributed by atoms with Crippen LogP contribution in [0.2, 0.25) is 0 Å². The number of allylic oxidation sites excluding steroid dienone is 1. The summed E-state index contributed by atoms with van der Waals surface area (Å²) in [7, 11) is 4.69. The highest BCUT2D eigenvalue weighted by molar-refractivity contribution is 6.18. The van der Waals surface area contributed by atoms with E-state index in [0.29, 0.717) is 41.5 Å². The first-order chi connectivity index (χ1) is 28.3. The number of fused-ring (bicyclic) bond motifs is 2. The molecule has 5 rings (SSSR count). The van der Waals surface area contributed by atoms with Crippen LogP contribution in [0.15, 0.2) is 65.9 Å². The van der Waals surface area contributed by atoms with Gasteiger partial charge in [0.2, 0.25) is 5.79 Å². The first-order valence-electron chi connectivity index (χ1n) is 20.3. The van der Waals surface area contributed by atoms with Gasteiger partial charge in [-0.15, -0.1) is 18.2 Å². The summed E-state index contributed by atoms with van der Waals surface area (Å²) < 4.78 is 36.2. The van der Waals surface area contributed by atoms with Gasteiger partial charge >= 0.3 is 12.2 Å². The maximum Gasteiger partial charge on any atom is 0.417 e. The fraction of sp³-hybridized carbons (Fsp3) is 0.568. The van der Waals surface area contributed by atoms with Crippen molar-refractivity contribution in [3.63, 3.8) is 0 Å². The number of rotatable bonds is 19. The lowest BCUT2D eigenvalue weighted by atomic mass is 9.55. The summed E-state index contributed by atoms with van der Waals surface area (Å²) in [5.41, 5.74) is 2.07. The van der Waals surface area contributed by atoms with Gasteiger partial charge in [0.25, 0.3) is 0 Å². The van der Waals surface area contributed by atoms with E-state index in [2.05, 4.69) is 18.0 Å². The Kier molecular flexibility index (Phi) is 16.0. The molecule has 2 amide bonds. The van der Waals surface area contributed by atoms with E-state index in [1.807, 2.05) is 26.8 Å². The van der Waals surface area contributed by atoms with Crippen molar-refractivity contribution in [1.29, 1.82) is 0 Å². The lowest BCUT2D eigenvalue weighted by Gasteiger charge is -2.59. The molecule has 0 spiro atoms. The van der Waals surface area contributed by atoms with E-state index < -0.39 is 35.5 Å². The monoisotopic (exact) mass is 841 g/mol. The highest BCUT2D eigenvalue weighted by Crippen LogP contribution is 2.62. The summed E-state index contributed by atoms with van der Waals surface area (Å²) in [6, 6.07) is 9.51. The highest BCUT2D eigenvalue weighted by atomic mass is 35.5. The number of carbonyl (C=O) groups is 2. The SMILES string of the molecule is C=CCO[C@@]12Oc3ccc(OC(=O)Nc4ccc(OC)cc4OC)cc3[C@H]3[C@H](CCCCO)[C@@H](CCCCO)C=C(C(=NOC(C)(C)C)C[C@@H]1N(C)C(=O)OCCCl)[C@H]32. The topological polar surface area (TPSA) is 167 Å². The standard InChI is InChI=1S/C44H60ClN3O11/c1-8-22-56-44-38(48(5)42(52)55-23-19-45)27-35(47-59-43(2,3)4)32-24-28(13-9-11-20-49)31(14-10-12-21-50)39(40(32)44)33-25-30(16-18-36(33)58-44)57-41(51)46-34-17-15-29(53-6)26-37(34)54-7/h8,15-18,24-26,28,31,38-40,49-50H,1,9-14,19-23,27H2,2-7H3,(H,46,51)/t28-,31+,38-,39+,40+,44+/m0/s1. The number of likely N-dealkylation sites (N-methyl/N-ethyl adjacent to an activating group) is 1. The van der Waals surface area contributed by atoms with E-state index in [-0.39, 0.29) is 62.2 Å². The van der Waals surface area contributed by atoms with Crippen molar-refractivity contribution in [2.45, 2.75) is 89.1 Å². The molecule has 3 aliphatic rings. The second kappa shape index (κ2) is 20.7. The Balaban J connectivity index is 1.70. The lowest BCUT2D eigenvalue weighted by Crippen LogP contribution is -2.69. The number of methoxy groups -OCH3 is 2. The van der Waals surface area contributed by atoms with Crippen LogP contribution in [-0.4, -0.2) is 104 Å². The molecule has 2 aliphatic carbocycles. The molecule has 1 fully saturated rings. The van der Waals surface area contributed by atoms with Gasteiger partial charge in [0.1, 0.15) is 41.2 Å². The van der Waals surface area contributed by atoms with Crippen molar-refractivity contribution in [2.75, 3.05) is 58.9 Å². The minimum absolute atomic E-state index is 0.0109. The van der Waals surface area contributed by atoms with Crippen LogP contribution in [0.4, 0.5) is 15.3 Å². The largest absolute Gasteiger partial charge is 0.497 e. The van der Waals surface area contributed by atoms with Crippen LogP contribution in [0.3, 0.4) is 0 Å². The Morgan fingerprint density at radius 2 is 1.78 bits per heavy atom. The van der Waals surface area contributed by atoms with E-state index in [0.717, 1.165) is 36.8 Å². The molecular weight excluding hydrogens is 782 g/mol. The predicted molar refractivity (Wildman–Crippen MR) is 225 cm³/mol. The molecule has 1 heterocycles. The summed E-state index contributed by atoms with van der Waals surface area (Å²) in [5, 5.41) is 27.3. The van der Waals surface area contributed by atoms with E-state index in [4.69, 9.17) is 50.0 Å². The minimum atomic E-state index is -1.47. The van der Waals surface area contributed by atoms with Crippen molar-refractivity contribution < 1.29 is 53.1 Å². The Bertz CT molecular complexity index is 1830. The normalized spacial score (nSPS) is 23.8. The number of alkyl halides is 1. The summed E-state index contributed by atoms with van der Waals surface area (Å²) in [6.07, 6.45) is 7.05. The molecule has 324 valence electrons. The zero-order chi connectivity index (χ0) is 42.7. The fourth-order valence-corrected chi connectivity index (χ4v) is 8.56. The molecule has 0 saturated heterocycles. The van der Waals surface area contributed by atoms with Gasteiger partial charge in [-0.05, 0) is 94.2 Å². The van der Waals surface area contributed by atoms with Crippen molar-refractivity contribution >= 4 is 35.2 Å². The zero-order valence-electron chi connectivity index (χ0n) is 35.0. The molecule has 2 aromatic rings. The van der Waals surface area contributed by atoms with Crippen LogP contribution in [-0.2, 0) is 14.3 Å². The van der Waals surface area contributed by atoms with E-state index in [9.17, 15) is 19.8 Å². The van der Waals surface area contributed by atoms with Gasteiger partial charge in [0.15, 0.2) is 0 Å². The number of oxime groups is 1. The quantitative estimate of drug-likeness (QED) is 0.0542. The zero-order valence-corrected chi connectivity index (χ0v) is 35.8. The third kappa shape index (κ3) is 10.6. The Morgan fingerprint density at radius 3 is 2.44 bits per heavy atom. The van der Waals surface area contributed by atoms with Crippen molar-refractivity contribution in [2.24, 2.45) is 22.9 Å². The summed E-state index contributed by atoms with van der Waals surface area (Å²) in [5.74, 6) is -0.516. The molecule has 3 N–H and O–H groups in total. The number of aliphatic hydroxyl groups is 2. The third-order valence-electron chi connectivity index (χ3n) is 11.0. The number of unbranched alkanes of at least 4 members (excludes halogenated alkanes) is 2. The number of benzene rings is 2. The first kappa shape index (κ1) is 45.6. The Morgan fingerprint density at radius 1 is 1.05 bits per heavy atom. The summed E-state index contributed by atoms with van der Waals surface area (Å²) in [4.78, 5) is 34.8. The predicted octanol–water partition coefficient (Wildman–Crippen LogP) is 8.05. The van der Waals surface area contributed by atoms with Gasteiger partial charge < -0.3 is 48.4 Å². The van der Waals surface area contributed by atoms with Crippen molar-refractivity contribution in [3.05, 3.63) is 66.3 Å². The van der Waals surface area contributed by atoms with Gasteiger partial charge in [-0.2, -0.15) is 0 Å². The first-order valence-corrected chi connectivity index (χ1v) is 20.8. The van der Waals surface area contributed by atoms with Crippen LogP contribution < -0.4 is 24.3 Å². The van der Waals surface area contributed by atoms with Gasteiger partial charge in [0.05, 0.1) is 44.0 Å². The molecule has 59 heavy (non-hydrogen) atoms. The number of ether oxygens (including phenoxy) is 6. The van der Waals surface area contributed by atoms with Gasteiger partial charge in [0, 0.05) is 44.2 Å². The number of hydrogen-bond acceptors (Lipinski definition) is 12. The molecule has 0 bridgehead atoms. The maximum absolute atomic E-state index is 13.7. The molecule has 2 aromatic carbocycles. The lowest BCUT2D eigenvalue weighted by molar-refractivity contribution is -0.253. The second-order valence-corrected chi connectivity index (χ2v) is 16.3. The maximum atomic E-state index is 13.7. The van der Waals surface area contributed by atoms with Crippen LogP contribution >= 0.6 is 11.6 Å². The highest BCUT2D eigenvalue weighted by Gasteiger charge is 2.65. The number of carbonyl (C=O) groups excluding carboxylic acids is 2. The average Bonchev–Trinajstić information content (AvgIpc) is 3.22. The number of hydrogen-bond donors (Lipinski definition) is 3. The van der Waals surface area contributed by atoms with Crippen LogP contribution in [0.5, 0.6) is 23.0 Å². The number of amides is 2. The number of nitrogens with zero attached hydrogens (tertiary/aromatic N) is 2. The molecule has 15 heteroatoms. The van der Waals surface area contributed by atoms with E-state index in [1.54, 1.807) is 50.6 Å². The third-order valence-corrected chi connectivity index (χ3v) is 11.1. The Labute approximate surface area is 352 Å². The summed E-state index contributed by atoms with van der Waals surface area (Å²) in [6.45, 7) is 9.93. The van der Waals surface area contributed by atoms with Crippen LogP contribution in [0.1, 0.15) is 77.2 Å². The van der Waals surface area contributed by atoms with Crippen molar-refractivity contribution in [3.8, 4) is 23.0 Å². The van der Waals surface area contributed by atoms with Crippen molar-refractivity contribution in [1.82, 2.24) is 4.90 Å². The molecule has 1 saturated carbocycles. The molecule has 0 radical (unpaired) electrons. The van der Waals surface area contributed by atoms with Gasteiger partial charge in [-0.3, -0.25) is 5.32 Å². The molecule has 0 aromatic heterocycles. The average molecular weight is 842 g/mol. The minimum Gasteiger partial charge on any atom is -0.497 e. The smallest absolute Gasteiger partial charge is 0.417 e. The van der Waals surface area contributed by atoms with E-state index >= 15 is 0 Å². The Hall–Kier alpha value is -4.50. The van der Waals surface area contributed by atoms with Gasteiger partial charge in [-0.1, -0.05) is 30.1 Å². The fourth-order valence-electron chi connectivity index (χ4n) is 8.48.